The van der Waals surface area contributed by atoms with Crippen LogP contribution in [0.5, 0.6) is 0 Å². The lowest BCUT2D eigenvalue weighted by Gasteiger charge is -2.27. The Bertz CT molecular complexity index is 945. The summed E-state index contributed by atoms with van der Waals surface area (Å²) in [5.74, 6) is 1.87. The Balaban J connectivity index is 1.60. The largest absolute Gasteiger partial charge is 0.341 e. The molecule has 1 fully saturated rings. The van der Waals surface area contributed by atoms with Gasteiger partial charge in [0.25, 0.3) is 5.91 Å². The van der Waals surface area contributed by atoms with Crippen molar-refractivity contribution in [2.45, 2.75) is 52.6 Å². The molecule has 2 aromatic rings. The monoisotopic (exact) mass is 453 g/mol. The maximum Gasteiger partial charge on any atom is 0.251 e. The van der Waals surface area contributed by atoms with Crippen molar-refractivity contribution in [3.63, 3.8) is 0 Å². The Kier molecular flexibility index (Phi) is 8.01. The van der Waals surface area contributed by atoms with Crippen LogP contribution in [-0.4, -0.2) is 47.4 Å². The Labute approximate surface area is 196 Å². The van der Waals surface area contributed by atoms with Crippen molar-refractivity contribution in [3.05, 3.63) is 64.7 Å². The van der Waals surface area contributed by atoms with Crippen LogP contribution >= 0.6 is 11.8 Å². The molecule has 1 aliphatic rings. The minimum Gasteiger partial charge on any atom is -0.341 e. The fraction of sp³-hybridized carbons (Fsp3) is 0.462. The molecular formula is C26H35N3O2S. The van der Waals surface area contributed by atoms with Crippen LogP contribution in [0.15, 0.2) is 42.5 Å². The van der Waals surface area contributed by atoms with E-state index in [9.17, 15) is 9.59 Å². The fourth-order valence-electron chi connectivity index (χ4n) is 3.70. The SMILES string of the molecule is Cc1c(CN2CCSCC2)cccc1NC(=O)C(C)NC(=O)c1ccc(C(C)(C)C)cc1. The van der Waals surface area contributed by atoms with Crippen molar-refractivity contribution in [1.29, 1.82) is 0 Å². The molecule has 0 aliphatic carbocycles. The third kappa shape index (κ3) is 6.36. The molecule has 3 rings (SSSR count). The number of anilines is 1. The molecule has 1 aliphatic heterocycles. The van der Waals surface area contributed by atoms with Crippen molar-refractivity contribution in [3.8, 4) is 0 Å². The summed E-state index contributed by atoms with van der Waals surface area (Å²) in [6.07, 6.45) is 0. The summed E-state index contributed by atoms with van der Waals surface area (Å²) in [4.78, 5) is 27.9. The van der Waals surface area contributed by atoms with Crippen LogP contribution in [-0.2, 0) is 16.8 Å². The average molecular weight is 454 g/mol. The molecule has 6 heteroatoms. The number of hydrogen-bond donors (Lipinski definition) is 2. The summed E-state index contributed by atoms with van der Waals surface area (Å²) in [5.41, 5.74) is 4.85. The smallest absolute Gasteiger partial charge is 0.251 e. The molecule has 2 aromatic carbocycles. The molecule has 172 valence electrons. The minimum atomic E-state index is -0.646. The molecule has 0 spiro atoms. The predicted octanol–water partition coefficient (Wildman–Crippen LogP) is 4.60. The van der Waals surface area contributed by atoms with Crippen LogP contribution in [0.25, 0.3) is 0 Å². The molecule has 1 saturated heterocycles. The maximum absolute atomic E-state index is 12.8. The van der Waals surface area contributed by atoms with Crippen LogP contribution in [0.2, 0.25) is 0 Å². The number of carbonyl (C=O) groups excluding carboxylic acids is 2. The Hall–Kier alpha value is -2.31. The van der Waals surface area contributed by atoms with Gasteiger partial charge in [0, 0.05) is 42.4 Å². The van der Waals surface area contributed by atoms with Crippen molar-refractivity contribution in [2.24, 2.45) is 0 Å². The van der Waals surface area contributed by atoms with E-state index < -0.39 is 6.04 Å². The van der Waals surface area contributed by atoms with E-state index in [0.717, 1.165) is 30.9 Å². The number of nitrogens with zero attached hydrogens (tertiary/aromatic N) is 1. The summed E-state index contributed by atoms with van der Waals surface area (Å²) in [6.45, 7) is 13.3. The molecule has 0 radical (unpaired) electrons. The number of hydrogen-bond acceptors (Lipinski definition) is 4. The minimum absolute atomic E-state index is 0.0293. The number of thioether (sulfide) groups is 1. The quantitative estimate of drug-likeness (QED) is 0.671. The highest BCUT2D eigenvalue weighted by atomic mass is 32.2. The van der Waals surface area contributed by atoms with Crippen LogP contribution in [0.4, 0.5) is 5.69 Å². The van der Waals surface area contributed by atoms with Crippen molar-refractivity contribution in [2.75, 3.05) is 29.9 Å². The van der Waals surface area contributed by atoms with Gasteiger partial charge >= 0.3 is 0 Å². The van der Waals surface area contributed by atoms with E-state index in [-0.39, 0.29) is 17.2 Å². The number of amides is 2. The third-order valence-corrected chi connectivity index (χ3v) is 6.90. The second-order valence-corrected chi connectivity index (χ2v) is 10.7. The predicted molar refractivity (Wildman–Crippen MR) is 134 cm³/mol. The first kappa shape index (κ1) is 24.3. The van der Waals surface area contributed by atoms with Gasteiger partial charge in [-0.25, -0.2) is 0 Å². The molecule has 1 unspecified atom stereocenters. The first-order valence-electron chi connectivity index (χ1n) is 11.3. The lowest BCUT2D eigenvalue weighted by Crippen LogP contribution is -2.41. The second-order valence-electron chi connectivity index (χ2n) is 9.49. The molecule has 5 nitrogen and oxygen atoms in total. The molecule has 2 N–H and O–H groups in total. The number of rotatable bonds is 6. The van der Waals surface area contributed by atoms with Gasteiger partial charge < -0.3 is 10.6 Å². The molecular weight excluding hydrogens is 418 g/mol. The summed E-state index contributed by atoms with van der Waals surface area (Å²) in [7, 11) is 0. The first-order chi connectivity index (χ1) is 15.1. The van der Waals surface area contributed by atoms with Crippen molar-refractivity contribution >= 4 is 29.3 Å². The standard InChI is InChI=1S/C26H35N3O2S/c1-18-21(17-29-13-15-32-16-14-29)7-6-8-23(18)28-24(30)19(2)27-25(31)20-9-11-22(12-10-20)26(3,4)5/h6-12,19H,13-17H2,1-5H3,(H,27,31)(H,28,30). The molecule has 0 aromatic heterocycles. The van der Waals surface area contributed by atoms with Gasteiger partial charge in [-0.2, -0.15) is 11.8 Å². The zero-order valence-corrected chi connectivity index (χ0v) is 20.6. The molecule has 0 bridgehead atoms. The van der Waals surface area contributed by atoms with Gasteiger partial charge in [-0.05, 0) is 54.2 Å². The number of nitrogens with one attached hydrogen (secondary N) is 2. The zero-order chi connectivity index (χ0) is 23.3. The van der Waals surface area contributed by atoms with Crippen LogP contribution < -0.4 is 10.6 Å². The van der Waals surface area contributed by atoms with E-state index in [1.54, 1.807) is 6.92 Å². The van der Waals surface area contributed by atoms with Gasteiger partial charge in [-0.1, -0.05) is 45.0 Å². The second kappa shape index (κ2) is 10.5. The van der Waals surface area contributed by atoms with E-state index in [1.165, 1.54) is 22.6 Å². The normalized spacial score (nSPS) is 15.8. The number of carbonyl (C=O) groups is 2. The van der Waals surface area contributed by atoms with E-state index in [0.29, 0.717) is 5.56 Å². The average Bonchev–Trinajstić information content (AvgIpc) is 2.76. The lowest BCUT2D eigenvalue weighted by molar-refractivity contribution is -0.117. The first-order valence-corrected chi connectivity index (χ1v) is 12.4. The maximum atomic E-state index is 12.8. The molecule has 0 saturated carbocycles. The Morgan fingerprint density at radius 2 is 1.72 bits per heavy atom. The van der Waals surface area contributed by atoms with Gasteiger partial charge in [0.15, 0.2) is 0 Å². The van der Waals surface area contributed by atoms with E-state index in [2.05, 4.69) is 42.4 Å². The van der Waals surface area contributed by atoms with Crippen LogP contribution in [0.3, 0.4) is 0 Å². The van der Waals surface area contributed by atoms with Gasteiger partial charge in [0.2, 0.25) is 5.91 Å². The summed E-state index contributed by atoms with van der Waals surface area (Å²) >= 11 is 2.00. The third-order valence-electron chi connectivity index (χ3n) is 5.96. The van der Waals surface area contributed by atoms with Crippen LogP contribution in [0, 0.1) is 6.92 Å². The Morgan fingerprint density at radius 1 is 1.06 bits per heavy atom. The zero-order valence-electron chi connectivity index (χ0n) is 19.8. The van der Waals surface area contributed by atoms with Gasteiger partial charge in [-0.15, -0.1) is 0 Å². The van der Waals surface area contributed by atoms with Crippen molar-refractivity contribution < 1.29 is 9.59 Å². The van der Waals surface area contributed by atoms with Gasteiger partial charge in [0.1, 0.15) is 6.04 Å². The topological polar surface area (TPSA) is 61.4 Å². The van der Waals surface area contributed by atoms with Crippen LogP contribution in [0.1, 0.15) is 54.7 Å². The molecule has 1 atom stereocenters. The molecule has 2 amide bonds. The van der Waals surface area contributed by atoms with E-state index in [1.807, 2.05) is 55.1 Å². The fourth-order valence-corrected chi connectivity index (χ4v) is 4.68. The number of benzene rings is 2. The highest BCUT2D eigenvalue weighted by molar-refractivity contribution is 7.99. The highest BCUT2D eigenvalue weighted by Crippen LogP contribution is 2.23. The molecule has 32 heavy (non-hydrogen) atoms. The van der Waals surface area contributed by atoms with E-state index in [4.69, 9.17) is 0 Å². The van der Waals surface area contributed by atoms with Gasteiger partial charge in [0.05, 0.1) is 0 Å². The highest BCUT2D eigenvalue weighted by Gasteiger charge is 2.20. The summed E-state index contributed by atoms with van der Waals surface area (Å²) in [5, 5.41) is 5.81. The van der Waals surface area contributed by atoms with E-state index >= 15 is 0 Å². The lowest BCUT2D eigenvalue weighted by atomic mass is 9.86. The summed E-state index contributed by atoms with van der Waals surface area (Å²) < 4.78 is 0. The van der Waals surface area contributed by atoms with Crippen molar-refractivity contribution in [1.82, 2.24) is 10.2 Å². The summed E-state index contributed by atoms with van der Waals surface area (Å²) in [6, 6.07) is 12.9. The molecule has 1 heterocycles. The Morgan fingerprint density at radius 3 is 2.34 bits per heavy atom. The van der Waals surface area contributed by atoms with Gasteiger partial charge in [-0.3, -0.25) is 14.5 Å².